The topological polar surface area (TPSA) is 103 Å². The van der Waals surface area contributed by atoms with Crippen molar-refractivity contribution in [3.63, 3.8) is 0 Å². The molecule has 1 heterocycles. The predicted molar refractivity (Wildman–Crippen MR) is 113 cm³/mol. The number of benzene rings is 2. The lowest BCUT2D eigenvalue weighted by Gasteiger charge is -2.28. The van der Waals surface area contributed by atoms with Gasteiger partial charge in [0.15, 0.2) is 6.61 Å². The zero-order valence-electron chi connectivity index (χ0n) is 16.6. The first-order chi connectivity index (χ1) is 14.4. The van der Waals surface area contributed by atoms with Gasteiger partial charge in [-0.15, -0.1) is 0 Å². The quantitative estimate of drug-likeness (QED) is 0.466. The third-order valence-electron chi connectivity index (χ3n) is 4.46. The molecule has 8 nitrogen and oxygen atoms in total. The van der Waals surface area contributed by atoms with E-state index in [1.54, 1.807) is 42.5 Å². The van der Waals surface area contributed by atoms with Crippen molar-refractivity contribution in [1.82, 2.24) is 0 Å². The number of nitriles is 1. The van der Waals surface area contributed by atoms with Crippen LogP contribution >= 0.6 is 0 Å². The number of amides is 2. The number of ether oxygens (including phenoxy) is 1. The molecular formula is C22H20N4O4. The van der Waals surface area contributed by atoms with E-state index in [2.05, 4.69) is 5.32 Å². The molecule has 1 N–H and O–H groups in total. The summed E-state index contributed by atoms with van der Waals surface area (Å²) >= 11 is 0. The van der Waals surface area contributed by atoms with Crippen LogP contribution in [0.25, 0.3) is 6.08 Å². The number of anilines is 3. The first kappa shape index (κ1) is 20.6. The molecule has 1 aliphatic rings. The number of para-hydroxylation sites is 2. The van der Waals surface area contributed by atoms with Crippen molar-refractivity contribution in [1.29, 1.82) is 5.26 Å². The maximum Gasteiger partial charge on any atom is 0.349 e. The minimum atomic E-state index is -0.905. The summed E-state index contributed by atoms with van der Waals surface area (Å²) in [5.74, 6) is -1.80. The van der Waals surface area contributed by atoms with Crippen molar-refractivity contribution < 1.29 is 19.1 Å². The lowest BCUT2D eigenvalue weighted by Crippen LogP contribution is -2.44. The van der Waals surface area contributed by atoms with Crippen LogP contribution in [-0.2, 0) is 19.1 Å². The second-order valence-corrected chi connectivity index (χ2v) is 6.78. The van der Waals surface area contributed by atoms with Crippen LogP contribution in [0.2, 0.25) is 0 Å². The smallest absolute Gasteiger partial charge is 0.349 e. The number of nitrogens with zero attached hydrogens (tertiary/aromatic N) is 3. The minimum absolute atomic E-state index is 0.174. The molecule has 2 aromatic rings. The van der Waals surface area contributed by atoms with Gasteiger partial charge in [-0.05, 0) is 35.9 Å². The van der Waals surface area contributed by atoms with Gasteiger partial charge < -0.3 is 15.0 Å². The number of rotatable bonds is 5. The van der Waals surface area contributed by atoms with Crippen LogP contribution in [0.3, 0.4) is 0 Å². The average Bonchev–Trinajstić information content (AvgIpc) is 2.75. The molecule has 0 bridgehead atoms. The fourth-order valence-corrected chi connectivity index (χ4v) is 2.91. The Kier molecular flexibility index (Phi) is 6.13. The lowest BCUT2D eigenvalue weighted by atomic mass is 10.1. The molecule has 0 unspecified atom stereocenters. The Morgan fingerprint density at radius 3 is 2.57 bits per heavy atom. The zero-order chi connectivity index (χ0) is 21.7. The number of nitrogens with one attached hydrogen (secondary N) is 1. The third-order valence-corrected chi connectivity index (χ3v) is 4.46. The summed E-state index contributed by atoms with van der Waals surface area (Å²) < 4.78 is 5.03. The van der Waals surface area contributed by atoms with Gasteiger partial charge in [0, 0.05) is 19.8 Å². The molecule has 2 aromatic carbocycles. The molecule has 3 rings (SSSR count). The summed E-state index contributed by atoms with van der Waals surface area (Å²) in [6.07, 6.45) is 1.40. The van der Waals surface area contributed by atoms with Crippen LogP contribution in [0.5, 0.6) is 0 Å². The van der Waals surface area contributed by atoms with Gasteiger partial charge in [-0.3, -0.25) is 14.5 Å². The van der Waals surface area contributed by atoms with E-state index in [0.717, 1.165) is 5.69 Å². The van der Waals surface area contributed by atoms with E-state index in [9.17, 15) is 19.6 Å². The molecule has 0 saturated heterocycles. The molecule has 8 heteroatoms. The van der Waals surface area contributed by atoms with E-state index in [4.69, 9.17) is 4.74 Å². The molecular weight excluding hydrogens is 384 g/mol. The molecule has 152 valence electrons. The predicted octanol–water partition coefficient (Wildman–Crippen LogP) is 2.19. The van der Waals surface area contributed by atoms with Gasteiger partial charge in [-0.2, -0.15) is 5.26 Å². The van der Waals surface area contributed by atoms with Crippen molar-refractivity contribution in [2.75, 3.05) is 42.4 Å². The van der Waals surface area contributed by atoms with Gasteiger partial charge in [0.25, 0.3) is 5.91 Å². The Balaban J connectivity index is 1.67. The van der Waals surface area contributed by atoms with Crippen molar-refractivity contribution in [2.24, 2.45) is 0 Å². The van der Waals surface area contributed by atoms with Gasteiger partial charge in [-0.25, -0.2) is 4.79 Å². The summed E-state index contributed by atoms with van der Waals surface area (Å²) in [6, 6.07) is 15.9. The summed E-state index contributed by atoms with van der Waals surface area (Å²) in [5, 5.41) is 12.0. The SMILES string of the molecule is CN(C)c1ccc(/C=C(\C#N)C(=O)OCC(=O)N2CC(=O)Nc3ccccc32)cc1. The molecule has 0 spiro atoms. The molecule has 2 amide bonds. The number of fused-ring (bicyclic) bond motifs is 1. The number of esters is 1. The van der Waals surface area contributed by atoms with Crippen LogP contribution in [0, 0.1) is 11.3 Å². The van der Waals surface area contributed by atoms with Crippen LogP contribution in [0.4, 0.5) is 17.1 Å². The molecule has 30 heavy (non-hydrogen) atoms. The third kappa shape index (κ3) is 4.64. The number of hydrogen-bond donors (Lipinski definition) is 1. The van der Waals surface area contributed by atoms with Gasteiger partial charge >= 0.3 is 5.97 Å². The Morgan fingerprint density at radius 2 is 1.90 bits per heavy atom. The van der Waals surface area contributed by atoms with E-state index < -0.39 is 18.5 Å². The van der Waals surface area contributed by atoms with Crippen molar-refractivity contribution in [3.05, 3.63) is 59.7 Å². The van der Waals surface area contributed by atoms with Crippen molar-refractivity contribution in [2.45, 2.75) is 0 Å². The second kappa shape index (κ2) is 8.92. The van der Waals surface area contributed by atoms with Crippen molar-refractivity contribution in [3.8, 4) is 6.07 Å². The number of carbonyl (C=O) groups is 3. The monoisotopic (exact) mass is 404 g/mol. The van der Waals surface area contributed by atoms with E-state index in [1.807, 2.05) is 31.1 Å². The van der Waals surface area contributed by atoms with Crippen molar-refractivity contribution >= 4 is 40.9 Å². The Bertz CT molecular complexity index is 1050. The van der Waals surface area contributed by atoms with E-state index in [1.165, 1.54) is 11.0 Å². The average molecular weight is 404 g/mol. The zero-order valence-corrected chi connectivity index (χ0v) is 16.6. The van der Waals surface area contributed by atoms with Crippen LogP contribution in [-0.4, -0.2) is 45.0 Å². The lowest BCUT2D eigenvalue weighted by molar-refractivity contribution is -0.143. The highest BCUT2D eigenvalue weighted by Crippen LogP contribution is 2.28. The summed E-state index contributed by atoms with van der Waals surface area (Å²) in [4.78, 5) is 39.8. The highest BCUT2D eigenvalue weighted by molar-refractivity contribution is 6.10. The van der Waals surface area contributed by atoms with Gasteiger partial charge in [-0.1, -0.05) is 24.3 Å². The largest absolute Gasteiger partial charge is 0.451 e. The van der Waals surface area contributed by atoms with Crippen LogP contribution in [0.15, 0.2) is 54.1 Å². The standard InChI is InChI=1S/C22H20N4O4/c1-25(2)17-9-7-15(8-10-17)11-16(12-23)22(29)30-14-21(28)26-13-20(27)24-18-5-3-4-6-19(18)26/h3-11H,13-14H2,1-2H3,(H,24,27)/b16-11+. The van der Waals surface area contributed by atoms with Gasteiger partial charge in [0.05, 0.1) is 11.4 Å². The molecule has 1 aliphatic heterocycles. The second-order valence-electron chi connectivity index (χ2n) is 6.78. The fourth-order valence-electron chi connectivity index (χ4n) is 2.91. The molecule has 0 fully saturated rings. The van der Waals surface area contributed by atoms with Gasteiger partial charge in [0.1, 0.15) is 18.2 Å². The first-order valence-corrected chi connectivity index (χ1v) is 9.14. The summed E-state index contributed by atoms with van der Waals surface area (Å²) in [6.45, 7) is -0.758. The molecule has 0 saturated carbocycles. The highest BCUT2D eigenvalue weighted by Gasteiger charge is 2.27. The Hall–Kier alpha value is -4.12. The normalized spacial score (nSPS) is 13.0. The number of hydrogen-bond acceptors (Lipinski definition) is 6. The van der Waals surface area contributed by atoms with E-state index in [0.29, 0.717) is 16.9 Å². The Labute approximate surface area is 174 Å². The summed E-state index contributed by atoms with van der Waals surface area (Å²) in [5.41, 5.74) is 2.44. The fraction of sp³-hybridized carbons (Fsp3) is 0.182. The molecule has 0 atom stereocenters. The number of carbonyl (C=O) groups excluding carboxylic acids is 3. The highest BCUT2D eigenvalue weighted by atomic mass is 16.5. The Morgan fingerprint density at radius 1 is 1.20 bits per heavy atom. The van der Waals surface area contributed by atoms with E-state index in [-0.39, 0.29) is 18.0 Å². The van der Waals surface area contributed by atoms with Crippen LogP contribution in [0.1, 0.15) is 5.56 Å². The minimum Gasteiger partial charge on any atom is -0.451 e. The van der Waals surface area contributed by atoms with E-state index >= 15 is 0 Å². The molecule has 0 radical (unpaired) electrons. The summed E-state index contributed by atoms with van der Waals surface area (Å²) in [7, 11) is 3.81. The van der Waals surface area contributed by atoms with Gasteiger partial charge in [0.2, 0.25) is 5.91 Å². The molecule has 0 aliphatic carbocycles. The first-order valence-electron chi connectivity index (χ1n) is 9.14. The maximum absolute atomic E-state index is 12.5. The molecule has 0 aromatic heterocycles. The maximum atomic E-state index is 12.5. The van der Waals surface area contributed by atoms with Crippen LogP contribution < -0.4 is 15.1 Å².